The van der Waals surface area contributed by atoms with E-state index in [1.54, 1.807) is 53.1 Å². The van der Waals surface area contributed by atoms with E-state index < -0.39 is 11.7 Å². The van der Waals surface area contributed by atoms with Crippen LogP contribution in [0.25, 0.3) is 10.9 Å². The van der Waals surface area contributed by atoms with E-state index in [1.165, 1.54) is 12.4 Å². The van der Waals surface area contributed by atoms with Gasteiger partial charge in [0.1, 0.15) is 10.9 Å². The van der Waals surface area contributed by atoms with Gasteiger partial charge in [-0.15, -0.1) is 0 Å². The molecule has 4 rings (SSSR count). The summed E-state index contributed by atoms with van der Waals surface area (Å²) in [7, 11) is 0. The minimum absolute atomic E-state index is 0.0878. The van der Waals surface area contributed by atoms with Crippen molar-refractivity contribution in [1.29, 1.82) is 0 Å². The number of carbonyl (C=O) groups is 2. The van der Waals surface area contributed by atoms with Gasteiger partial charge in [0.05, 0.1) is 24.2 Å². The van der Waals surface area contributed by atoms with Gasteiger partial charge in [-0.25, -0.2) is 0 Å². The molecule has 2 heterocycles. The lowest BCUT2D eigenvalue weighted by Crippen LogP contribution is -2.23. The number of fused-ring (bicyclic) bond motifs is 1. The summed E-state index contributed by atoms with van der Waals surface area (Å²) < 4.78 is 7.33. The summed E-state index contributed by atoms with van der Waals surface area (Å²) in [6.45, 7) is 2.59. The summed E-state index contributed by atoms with van der Waals surface area (Å²) in [5.74, 6) is -1.02. The van der Waals surface area contributed by atoms with Gasteiger partial charge in [-0.2, -0.15) is 0 Å². The van der Waals surface area contributed by atoms with Crippen LogP contribution in [0.15, 0.2) is 60.9 Å². The number of anilines is 1. The van der Waals surface area contributed by atoms with Crippen LogP contribution in [0.4, 0.5) is 5.69 Å². The largest absolute Gasteiger partial charge is 0.494 e. The number of halogens is 3. The third-order valence-corrected chi connectivity index (χ3v) is 5.98. The van der Waals surface area contributed by atoms with Crippen LogP contribution < -0.4 is 10.1 Å². The van der Waals surface area contributed by atoms with Crippen molar-refractivity contribution in [3.8, 4) is 5.75 Å². The first kappa shape index (κ1) is 23.1. The van der Waals surface area contributed by atoms with Crippen LogP contribution in [0.2, 0.25) is 15.2 Å². The Hall–Kier alpha value is -3.06. The Morgan fingerprint density at radius 3 is 2.48 bits per heavy atom. The van der Waals surface area contributed by atoms with Gasteiger partial charge in [-0.3, -0.25) is 14.6 Å². The van der Waals surface area contributed by atoms with Crippen molar-refractivity contribution in [2.24, 2.45) is 0 Å². The van der Waals surface area contributed by atoms with Gasteiger partial charge < -0.3 is 14.6 Å². The van der Waals surface area contributed by atoms with E-state index in [-0.39, 0.29) is 17.3 Å². The summed E-state index contributed by atoms with van der Waals surface area (Å²) >= 11 is 19.1. The quantitative estimate of drug-likeness (QED) is 0.239. The molecule has 0 radical (unpaired) electrons. The van der Waals surface area contributed by atoms with Gasteiger partial charge in [0.15, 0.2) is 0 Å². The molecular formula is C24H18Cl3N3O3. The highest BCUT2D eigenvalue weighted by atomic mass is 35.5. The number of nitrogens with one attached hydrogen (secondary N) is 1. The van der Waals surface area contributed by atoms with Gasteiger partial charge in [-0.1, -0.05) is 40.9 Å². The van der Waals surface area contributed by atoms with E-state index in [0.29, 0.717) is 39.0 Å². The zero-order valence-corrected chi connectivity index (χ0v) is 19.7. The average molecular weight is 503 g/mol. The lowest BCUT2D eigenvalue weighted by Gasteiger charge is -2.10. The number of rotatable bonds is 7. The number of ether oxygens (including phenoxy) is 1. The van der Waals surface area contributed by atoms with Crippen LogP contribution in [0, 0.1) is 0 Å². The highest BCUT2D eigenvalue weighted by molar-refractivity contribution is 6.51. The lowest BCUT2D eigenvalue weighted by molar-refractivity contribution is -0.112. The molecule has 2 aromatic carbocycles. The number of nitrogens with zero attached hydrogens (tertiary/aromatic N) is 2. The molecule has 0 fully saturated rings. The summed E-state index contributed by atoms with van der Waals surface area (Å²) in [4.78, 5) is 29.9. The van der Waals surface area contributed by atoms with E-state index in [9.17, 15) is 9.59 Å². The number of hydrogen-bond donors (Lipinski definition) is 1. The van der Waals surface area contributed by atoms with Crippen molar-refractivity contribution >= 4 is 63.1 Å². The van der Waals surface area contributed by atoms with E-state index in [0.717, 1.165) is 5.56 Å². The van der Waals surface area contributed by atoms with Crippen LogP contribution in [0.3, 0.4) is 0 Å². The molecule has 9 heteroatoms. The van der Waals surface area contributed by atoms with E-state index in [2.05, 4.69) is 10.3 Å². The van der Waals surface area contributed by atoms with Crippen LogP contribution >= 0.6 is 34.8 Å². The second kappa shape index (κ2) is 9.83. The van der Waals surface area contributed by atoms with Crippen molar-refractivity contribution in [2.75, 3.05) is 11.9 Å². The molecule has 0 saturated heterocycles. The molecule has 2 aromatic heterocycles. The highest BCUT2D eigenvalue weighted by Crippen LogP contribution is 2.35. The molecule has 0 atom stereocenters. The van der Waals surface area contributed by atoms with E-state index in [1.807, 2.05) is 6.92 Å². The molecular weight excluding hydrogens is 485 g/mol. The second-order valence-corrected chi connectivity index (χ2v) is 8.32. The number of hydrogen-bond acceptors (Lipinski definition) is 4. The van der Waals surface area contributed by atoms with Crippen LogP contribution in [0.1, 0.15) is 22.8 Å². The molecule has 33 heavy (non-hydrogen) atoms. The van der Waals surface area contributed by atoms with Gasteiger partial charge in [0.25, 0.3) is 11.7 Å². The van der Waals surface area contributed by atoms with Gasteiger partial charge in [0.2, 0.25) is 0 Å². The summed E-state index contributed by atoms with van der Waals surface area (Å²) in [5.41, 5.74) is 1.96. The third kappa shape index (κ3) is 4.83. The molecule has 0 saturated carbocycles. The Kier molecular flexibility index (Phi) is 6.88. The molecule has 4 aromatic rings. The molecule has 0 bridgehead atoms. The molecule has 6 nitrogen and oxygen atoms in total. The Balaban J connectivity index is 1.80. The fourth-order valence-electron chi connectivity index (χ4n) is 3.49. The number of pyridine rings is 1. The summed E-state index contributed by atoms with van der Waals surface area (Å²) in [5, 5.41) is 4.19. The normalized spacial score (nSPS) is 10.9. The first-order valence-electron chi connectivity index (χ1n) is 10.0. The molecule has 168 valence electrons. The standard InChI is InChI=1S/C24H18Cl3N3O3/c1-2-33-17-5-6-20-18(12-17)21(22(31)24(32)29-16-7-9-28-10-8-16)23(27)30(20)13-14-3-4-15(25)11-19(14)26/h3-12H,2,13H2,1H3,(H,28,29,32). The second-order valence-electron chi connectivity index (χ2n) is 7.12. The topological polar surface area (TPSA) is 73.2 Å². The zero-order chi connectivity index (χ0) is 23.5. The van der Waals surface area contributed by atoms with Crippen molar-refractivity contribution in [2.45, 2.75) is 13.5 Å². The molecule has 1 N–H and O–H groups in total. The lowest BCUT2D eigenvalue weighted by atomic mass is 10.1. The Bertz CT molecular complexity index is 1350. The summed E-state index contributed by atoms with van der Waals surface area (Å²) in [6.07, 6.45) is 3.03. The van der Waals surface area contributed by atoms with Crippen molar-refractivity contribution in [3.63, 3.8) is 0 Å². The minimum Gasteiger partial charge on any atom is -0.494 e. The Labute approximate surface area is 205 Å². The maximum Gasteiger partial charge on any atom is 0.296 e. The molecule has 1 amide bonds. The van der Waals surface area contributed by atoms with Gasteiger partial charge in [-0.05, 0) is 55.0 Å². The maximum atomic E-state index is 13.2. The molecule has 0 spiro atoms. The Morgan fingerprint density at radius 2 is 1.79 bits per heavy atom. The number of amides is 1. The molecule has 0 aliphatic rings. The fraction of sp³-hybridized carbons (Fsp3) is 0.125. The van der Waals surface area contributed by atoms with E-state index >= 15 is 0 Å². The average Bonchev–Trinajstić information content (AvgIpc) is 3.06. The Morgan fingerprint density at radius 1 is 1.03 bits per heavy atom. The minimum atomic E-state index is -0.812. The van der Waals surface area contributed by atoms with E-state index in [4.69, 9.17) is 39.5 Å². The number of ketones is 1. The monoisotopic (exact) mass is 501 g/mol. The predicted molar refractivity (Wildman–Crippen MR) is 131 cm³/mol. The number of benzene rings is 2. The number of Topliss-reactive ketones (excluding diaryl/α,β-unsaturated/α-hetero) is 1. The number of carbonyl (C=O) groups excluding carboxylic acids is 2. The smallest absolute Gasteiger partial charge is 0.296 e. The molecule has 0 unspecified atom stereocenters. The van der Waals surface area contributed by atoms with Gasteiger partial charge in [0, 0.05) is 33.5 Å². The SMILES string of the molecule is CCOc1ccc2c(c1)c(C(=O)C(=O)Nc1ccncc1)c(Cl)n2Cc1ccc(Cl)cc1Cl. The van der Waals surface area contributed by atoms with Crippen molar-refractivity contribution < 1.29 is 14.3 Å². The first-order valence-corrected chi connectivity index (χ1v) is 11.2. The fourth-order valence-corrected chi connectivity index (χ4v) is 4.29. The highest BCUT2D eigenvalue weighted by Gasteiger charge is 2.27. The third-order valence-electron chi connectivity index (χ3n) is 5.00. The maximum absolute atomic E-state index is 13.2. The van der Waals surface area contributed by atoms with Crippen LogP contribution in [-0.2, 0) is 11.3 Å². The first-order chi connectivity index (χ1) is 15.9. The van der Waals surface area contributed by atoms with Crippen LogP contribution in [0.5, 0.6) is 5.75 Å². The van der Waals surface area contributed by atoms with Crippen molar-refractivity contribution in [1.82, 2.24) is 9.55 Å². The molecule has 0 aliphatic carbocycles. The number of aromatic nitrogens is 2. The predicted octanol–water partition coefficient (Wildman–Crippen LogP) is 6.26. The van der Waals surface area contributed by atoms with Gasteiger partial charge >= 0.3 is 0 Å². The summed E-state index contributed by atoms with van der Waals surface area (Å²) in [6, 6.07) is 13.6. The van der Waals surface area contributed by atoms with Crippen LogP contribution in [-0.4, -0.2) is 27.8 Å². The molecule has 0 aliphatic heterocycles. The zero-order valence-electron chi connectivity index (χ0n) is 17.4. The van der Waals surface area contributed by atoms with Crippen molar-refractivity contribution in [3.05, 3.63) is 87.2 Å².